The number of benzene rings is 1. The Morgan fingerprint density at radius 3 is 2.81 bits per heavy atom. The lowest BCUT2D eigenvalue weighted by atomic mass is 9.98. The third kappa shape index (κ3) is 4.37. The molecule has 3 unspecified atom stereocenters. The highest BCUT2D eigenvalue weighted by Crippen LogP contribution is 2.37. The summed E-state index contributed by atoms with van der Waals surface area (Å²) in [5.41, 5.74) is 6.52. The van der Waals surface area contributed by atoms with Crippen molar-refractivity contribution in [3.05, 3.63) is 29.8 Å². The molecule has 26 heavy (non-hydrogen) atoms. The number of carbonyl (C=O) groups is 1. The van der Waals surface area contributed by atoms with Crippen molar-refractivity contribution in [1.82, 2.24) is 9.62 Å². The SMILES string of the molecule is COCCNS(=O)(=O)c1cccc(C(=O)N2CC3CCC(N)C3C2)c1.Cl. The Morgan fingerprint density at radius 1 is 1.35 bits per heavy atom. The summed E-state index contributed by atoms with van der Waals surface area (Å²) in [4.78, 5) is 14.7. The summed E-state index contributed by atoms with van der Waals surface area (Å²) in [5, 5.41) is 0. The van der Waals surface area contributed by atoms with Crippen molar-refractivity contribution in [3.8, 4) is 0 Å². The van der Waals surface area contributed by atoms with Gasteiger partial charge in [-0.2, -0.15) is 0 Å². The Morgan fingerprint density at radius 2 is 2.12 bits per heavy atom. The molecule has 1 aliphatic heterocycles. The van der Waals surface area contributed by atoms with E-state index in [0.29, 0.717) is 30.5 Å². The van der Waals surface area contributed by atoms with Crippen LogP contribution in [0, 0.1) is 11.8 Å². The fraction of sp³-hybridized carbons (Fsp3) is 0.588. The molecule has 2 fully saturated rings. The van der Waals surface area contributed by atoms with Crippen molar-refractivity contribution in [2.45, 2.75) is 23.8 Å². The Kier molecular flexibility index (Phi) is 7.04. The summed E-state index contributed by atoms with van der Waals surface area (Å²) >= 11 is 0. The van der Waals surface area contributed by atoms with E-state index < -0.39 is 10.0 Å². The van der Waals surface area contributed by atoms with E-state index in [4.69, 9.17) is 10.5 Å². The molecule has 7 nitrogen and oxygen atoms in total. The molecule has 9 heteroatoms. The van der Waals surface area contributed by atoms with Crippen LogP contribution >= 0.6 is 12.4 Å². The Bertz CT molecular complexity index is 743. The highest BCUT2D eigenvalue weighted by atomic mass is 35.5. The van der Waals surface area contributed by atoms with Crippen molar-refractivity contribution >= 4 is 28.3 Å². The van der Waals surface area contributed by atoms with Gasteiger partial charge in [-0.05, 0) is 42.9 Å². The number of ether oxygens (including phenoxy) is 1. The minimum absolute atomic E-state index is 0. The second kappa shape index (κ2) is 8.67. The van der Waals surface area contributed by atoms with E-state index in [1.165, 1.54) is 19.2 Å². The number of nitrogens with one attached hydrogen (secondary N) is 1. The number of methoxy groups -OCH3 is 1. The van der Waals surface area contributed by atoms with E-state index in [9.17, 15) is 13.2 Å². The predicted molar refractivity (Wildman–Crippen MR) is 101 cm³/mol. The molecule has 1 aromatic rings. The van der Waals surface area contributed by atoms with E-state index in [2.05, 4.69) is 4.72 Å². The Hall–Kier alpha value is -1.19. The average Bonchev–Trinajstić information content (AvgIpc) is 3.17. The van der Waals surface area contributed by atoms with Crippen LogP contribution in [0.5, 0.6) is 0 Å². The van der Waals surface area contributed by atoms with Gasteiger partial charge in [0.25, 0.3) is 5.91 Å². The molecule has 0 spiro atoms. The molecule has 1 saturated carbocycles. The first kappa shape index (κ1) is 21.1. The van der Waals surface area contributed by atoms with Gasteiger partial charge in [-0.1, -0.05) is 6.07 Å². The van der Waals surface area contributed by atoms with Gasteiger partial charge in [-0.25, -0.2) is 13.1 Å². The third-order valence-electron chi connectivity index (χ3n) is 5.19. The van der Waals surface area contributed by atoms with Crippen LogP contribution in [0.4, 0.5) is 0 Å². The minimum Gasteiger partial charge on any atom is -0.383 e. The van der Waals surface area contributed by atoms with Crippen molar-refractivity contribution in [3.63, 3.8) is 0 Å². The number of likely N-dealkylation sites (tertiary alicyclic amines) is 1. The normalized spacial score (nSPS) is 25.0. The first-order chi connectivity index (χ1) is 11.9. The molecule has 0 aromatic heterocycles. The maximum absolute atomic E-state index is 12.8. The topological polar surface area (TPSA) is 102 Å². The van der Waals surface area contributed by atoms with Gasteiger partial charge >= 0.3 is 0 Å². The van der Waals surface area contributed by atoms with Gasteiger partial charge in [-0.15, -0.1) is 12.4 Å². The second-order valence-corrected chi connectivity index (χ2v) is 8.56. The molecule has 0 bridgehead atoms. The summed E-state index contributed by atoms with van der Waals surface area (Å²) < 4.78 is 31.9. The van der Waals surface area contributed by atoms with Crippen molar-refractivity contribution in [2.75, 3.05) is 33.4 Å². The number of amides is 1. The lowest BCUT2D eigenvalue weighted by Gasteiger charge is -2.19. The Labute approximate surface area is 160 Å². The summed E-state index contributed by atoms with van der Waals surface area (Å²) in [7, 11) is -2.15. The van der Waals surface area contributed by atoms with Crippen LogP contribution in [0.1, 0.15) is 23.2 Å². The number of sulfonamides is 1. The van der Waals surface area contributed by atoms with Gasteiger partial charge in [0.2, 0.25) is 10.0 Å². The molecule has 2 aliphatic rings. The average molecular weight is 404 g/mol. The molecule has 3 N–H and O–H groups in total. The molecule has 3 atom stereocenters. The lowest BCUT2D eigenvalue weighted by Crippen LogP contribution is -2.33. The largest absolute Gasteiger partial charge is 0.383 e. The summed E-state index contributed by atoms with van der Waals surface area (Å²) in [6.45, 7) is 1.84. The third-order valence-corrected chi connectivity index (χ3v) is 6.65. The first-order valence-corrected chi connectivity index (χ1v) is 10.0. The highest BCUT2D eigenvalue weighted by Gasteiger charge is 2.42. The minimum atomic E-state index is -3.66. The van der Waals surface area contributed by atoms with Gasteiger partial charge < -0.3 is 15.4 Å². The number of rotatable bonds is 6. The van der Waals surface area contributed by atoms with Crippen molar-refractivity contribution in [1.29, 1.82) is 0 Å². The number of hydrogen-bond acceptors (Lipinski definition) is 5. The Balaban J connectivity index is 0.00000243. The van der Waals surface area contributed by atoms with Crippen LogP contribution in [0.25, 0.3) is 0 Å². The molecule has 1 amide bonds. The molecule has 1 heterocycles. The number of nitrogens with zero attached hydrogens (tertiary/aromatic N) is 1. The maximum Gasteiger partial charge on any atom is 0.253 e. The van der Waals surface area contributed by atoms with Crippen molar-refractivity contribution in [2.24, 2.45) is 17.6 Å². The maximum atomic E-state index is 12.8. The first-order valence-electron chi connectivity index (χ1n) is 8.56. The number of nitrogens with two attached hydrogens (primary N) is 1. The van der Waals surface area contributed by atoms with Crippen LogP contribution in [0.15, 0.2) is 29.2 Å². The van der Waals surface area contributed by atoms with Crippen LogP contribution < -0.4 is 10.5 Å². The molecule has 1 aliphatic carbocycles. The van der Waals surface area contributed by atoms with Crippen LogP contribution in [0.3, 0.4) is 0 Å². The standard InChI is InChI=1S/C17H25N3O4S.ClH/c1-24-8-7-19-25(22,23)14-4-2-3-12(9-14)17(21)20-10-13-5-6-16(18)15(13)11-20;/h2-4,9,13,15-16,19H,5-8,10-11,18H2,1H3;1H. The monoisotopic (exact) mass is 403 g/mol. The highest BCUT2D eigenvalue weighted by molar-refractivity contribution is 7.89. The van der Waals surface area contributed by atoms with E-state index in [1.807, 2.05) is 0 Å². The molecule has 3 rings (SSSR count). The van der Waals surface area contributed by atoms with Gasteiger partial charge in [-0.3, -0.25) is 4.79 Å². The predicted octanol–water partition coefficient (Wildman–Crippen LogP) is 0.842. The summed E-state index contributed by atoms with van der Waals surface area (Å²) in [5.74, 6) is 0.712. The van der Waals surface area contributed by atoms with Crippen LogP contribution in [-0.2, 0) is 14.8 Å². The van der Waals surface area contributed by atoms with Gasteiger partial charge in [0.15, 0.2) is 0 Å². The van der Waals surface area contributed by atoms with Gasteiger partial charge in [0.1, 0.15) is 0 Å². The van der Waals surface area contributed by atoms with Gasteiger partial charge in [0, 0.05) is 38.3 Å². The number of hydrogen-bond donors (Lipinski definition) is 2. The fourth-order valence-electron chi connectivity index (χ4n) is 3.81. The van der Waals surface area contributed by atoms with E-state index in [0.717, 1.165) is 12.8 Å². The van der Waals surface area contributed by atoms with Gasteiger partial charge in [0.05, 0.1) is 11.5 Å². The molecule has 1 aromatic carbocycles. The quantitative estimate of drug-likeness (QED) is 0.685. The van der Waals surface area contributed by atoms with Crippen LogP contribution in [-0.4, -0.2) is 58.6 Å². The van der Waals surface area contributed by atoms with E-state index in [1.54, 1.807) is 17.0 Å². The molecular formula is C17H26ClN3O4S. The number of carbonyl (C=O) groups excluding carboxylic acids is 1. The zero-order chi connectivity index (χ0) is 18.0. The smallest absolute Gasteiger partial charge is 0.253 e. The molecule has 1 saturated heterocycles. The number of fused-ring (bicyclic) bond motifs is 1. The summed E-state index contributed by atoms with van der Waals surface area (Å²) in [6, 6.07) is 6.34. The second-order valence-electron chi connectivity index (χ2n) is 6.79. The lowest BCUT2D eigenvalue weighted by molar-refractivity contribution is 0.0779. The number of halogens is 1. The molecule has 0 radical (unpaired) electrons. The van der Waals surface area contributed by atoms with Crippen molar-refractivity contribution < 1.29 is 17.9 Å². The zero-order valence-electron chi connectivity index (χ0n) is 14.8. The summed E-state index contributed by atoms with van der Waals surface area (Å²) in [6.07, 6.45) is 2.09. The molecular weight excluding hydrogens is 378 g/mol. The van der Waals surface area contributed by atoms with E-state index >= 15 is 0 Å². The van der Waals surface area contributed by atoms with E-state index in [-0.39, 0.29) is 42.4 Å². The molecule has 146 valence electrons. The zero-order valence-corrected chi connectivity index (χ0v) is 16.4. The van der Waals surface area contributed by atoms with Crippen LogP contribution in [0.2, 0.25) is 0 Å². The fourth-order valence-corrected chi connectivity index (χ4v) is 4.87.